The van der Waals surface area contributed by atoms with Gasteiger partial charge in [0.25, 0.3) is 0 Å². The van der Waals surface area contributed by atoms with E-state index in [9.17, 15) is 13.2 Å². The van der Waals surface area contributed by atoms with E-state index in [1.807, 2.05) is 4.90 Å². The van der Waals surface area contributed by atoms with Crippen LogP contribution in [0.25, 0.3) is 0 Å². The summed E-state index contributed by atoms with van der Waals surface area (Å²) in [5.74, 6) is -0.111. The maximum atomic E-state index is 12.9. The molecule has 6 nitrogen and oxygen atoms in total. The Bertz CT molecular complexity index is 1070. The third-order valence-corrected chi connectivity index (χ3v) is 7.49. The Kier molecular flexibility index (Phi) is 5.96. The lowest BCUT2D eigenvalue weighted by Gasteiger charge is -2.36. The molecule has 1 saturated heterocycles. The predicted octanol–water partition coefficient (Wildman–Crippen LogP) is 3.58. The Balaban J connectivity index is 1.85. The van der Waals surface area contributed by atoms with E-state index >= 15 is 0 Å². The first-order valence-electron chi connectivity index (χ1n) is 8.50. The van der Waals surface area contributed by atoms with E-state index < -0.39 is 10.0 Å². The molecule has 2 aromatic rings. The van der Waals surface area contributed by atoms with Gasteiger partial charge < -0.3 is 4.90 Å². The second-order valence-electron chi connectivity index (χ2n) is 6.34. The molecule has 146 valence electrons. The Morgan fingerprint density at radius 2 is 1.79 bits per heavy atom. The van der Waals surface area contributed by atoms with Crippen molar-refractivity contribution in [3.8, 4) is 6.07 Å². The standard InChI is InChI=1S/C19H17Cl2N3O3S/c1-13(25)15-6-5-14(12-22)11-17(15)23-7-9-24(10-8-23)28(26,27)18-4-2-3-16(20)19(18)21/h2-6,11H,7-10H2,1H3. The second kappa shape index (κ2) is 8.10. The number of Topliss-reactive ketones (excluding diaryl/α,β-unsaturated/α-hetero) is 1. The van der Waals surface area contributed by atoms with Gasteiger partial charge in [-0.15, -0.1) is 0 Å². The summed E-state index contributed by atoms with van der Waals surface area (Å²) in [5, 5.41) is 9.34. The highest BCUT2D eigenvalue weighted by molar-refractivity contribution is 7.89. The molecule has 3 rings (SSSR count). The van der Waals surface area contributed by atoms with E-state index in [1.54, 1.807) is 24.3 Å². The molecule has 0 radical (unpaired) electrons. The lowest BCUT2D eigenvalue weighted by Crippen LogP contribution is -2.49. The average Bonchev–Trinajstić information content (AvgIpc) is 2.69. The molecule has 0 saturated carbocycles. The van der Waals surface area contributed by atoms with Gasteiger partial charge in [-0.3, -0.25) is 4.79 Å². The molecule has 0 aromatic heterocycles. The summed E-state index contributed by atoms with van der Waals surface area (Å²) in [4.78, 5) is 13.8. The van der Waals surface area contributed by atoms with Crippen LogP contribution in [0, 0.1) is 11.3 Å². The molecule has 28 heavy (non-hydrogen) atoms. The SMILES string of the molecule is CC(=O)c1ccc(C#N)cc1N1CCN(S(=O)(=O)c2cccc(Cl)c2Cl)CC1. The van der Waals surface area contributed by atoms with Crippen molar-refractivity contribution < 1.29 is 13.2 Å². The first-order valence-corrected chi connectivity index (χ1v) is 10.7. The fourth-order valence-electron chi connectivity index (χ4n) is 3.15. The highest BCUT2D eigenvalue weighted by Crippen LogP contribution is 2.32. The summed E-state index contributed by atoms with van der Waals surface area (Å²) in [7, 11) is -3.79. The molecule has 1 heterocycles. The van der Waals surface area contributed by atoms with E-state index in [0.717, 1.165) is 0 Å². The molecule has 1 fully saturated rings. The van der Waals surface area contributed by atoms with E-state index in [4.69, 9.17) is 28.5 Å². The number of sulfonamides is 1. The number of nitrogens with zero attached hydrogens (tertiary/aromatic N) is 3. The monoisotopic (exact) mass is 437 g/mol. The number of hydrogen-bond donors (Lipinski definition) is 0. The van der Waals surface area contributed by atoms with Crippen LogP contribution < -0.4 is 4.90 Å². The maximum Gasteiger partial charge on any atom is 0.244 e. The zero-order chi connectivity index (χ0) is 20.5. The molecule has 2 aromatic carbocycles. The van der Waals surface area contributed by atoms with Gasteiger partial charge >= 0.3 is 0 Å². The van der Waals surface area contributed by atoms with E-state index in [-0.39, 0.29) is 33.8 Å². The van der Waals surface area contributed by atoms with Gasteiger partial charge in [0.2, 0.25) is 10.0 Å². The van der Waals surface area contributed by atoms with Crippen molar-refractivity contribution in [2.75, 3.05) is 31.1 Å². The minimum atomic E-state index is -3.79. The van der Waals surface area contributed by atoms with Crippen LogP contribution in [0.1, 0.15) is 22.8 Å². The summed E-state index contributed by atoms with van der Waals surface area (Å²) in [6, 6.07) is 11.5. The molecule has 1 aliphatic rings. The Morgan fingerprint density at radius 3 is 2.39 bits per heavy atom. The van der Waals surface area contributed by atoms with Crippen molar-refractivity contribution in [3.05, 3.63) is 57.6 Å². The number of hydrogen-bond acceptors (Lipinski definition) is 5. The number of piperazine rings is 1. The van der Waals surface area contributed by atoms with Gasteiger partial charge in [-0.05, 0) is 37.3 Å². The van der Waals surface area contributed by atoms with E-state index in [1.165, 1.54) is 23.4 Å². The van der Waals surface area contributed by atoms with Crippen molar-refractivity contribution in [1.29, 1.82) is 5.26 Å². The van der Waals surface area contributed by atoms with Crippen LogP contribution in [0.5, 0.6) is 0 Å². The fraction of sp³-hybridized carbons (Fsp3) is 0.263. The number of nitriles is 1. The summed E-state index contributed by atoms with van der Waals surface area (Å²) >= 11 is 12.1. The summed E-state index contributed by atoms with van der Waals surface area (Å²) in [5.41, 5.74) is 1.60. The quantitative estimate of drug-likeness (QED) is 0.682. The van der Waals surface area contributed by atoms with Crippen molar-refractivity contribution in [2.24, 2.45) is 0 Å². The molecule has 9 heteroatoms. The number of halogens is 2. The van der Waals surface area contributed by atoms with Gasteiger partial charge in [-0.25, -0.2) is 8.42 Å². The van der Waals surface area contributed by atoms with Crippen LogP contribution in [-0.4, -0.2) is 44.7 Å². The first-order chi connectivity index (χ1) is 13.3. The normalized spacial score (nSPS) is 15.3. The van der Waals surface area contributed by atoms with Gasteiger partial charge in [0.1, 0.15) is 4.90 Å². The largest absolute Gasteiger partial charge is 0.368 e. The summed E-state index contributed by atoms with van der Waals surface area (Å²) in [6.07, 6.45) is 0. The zero-order valence-electron chi connectivity index (χ0n) is 15.0. The molecular weight excluding hydrogens is 421 g/mol. The average molecular weight is 438 g/mol. The number of ketones is 1. The van der Waals surface area contributed by atoms with Gasteiger partial charge in [-0.1, -0.05) is 29.3 Å². The molecule has 0 atom stereocenters. The molecule has 0 amide bonds. The minimum absolute atomic E-state index is 0.00665. The van der Waals surface area contributed by atoms with Crippen LogP contribution in [0.3, 0.4) is 0 Å². The van der Waals surface area contributed by atoms with Gasteiger partial charge in [-0.2, -0.15) is 9.57 Å². The van der Waals surface area contributed by atoms with E-state index in [0.29, 0.717) is 29.9 Å². The summed E-state index contributed by atoms with van der Waals surface area (Å²) < 4.78 is 27.2. The van der Waals surface area contributed by atoms with Crippen LogP contribution >= 0.6 is 23.2 Å². The van der Waals surface area contributed by atoms with Gasteiger partial charge in [0.15, 0.2) is 5.78 Å². The van der Waals surface area contributed by atoms with Crippen LogP contribution in [0.15, 0.2) is 41.3 Å². The molecule has 1 aliphatic heterocycles. The Hall–Kier alpha value is -2.11. The lowest BCUT2D eigenvalue weighted by molar-refractivity contribution is 0.101. The number of carbonyl (C=O) groups is 1. The number of rotatable bonds is 4. The molecular formula is C19H17Cl2N3O3S. The van der Waals surface area contributed by atoms with E-state index in [2.05, 4.69) is 6.07 Å². The molecule has 0 aliphatic carbocycles. The minimum Gasteiger partial charge on any atom is -0.368 e. The van der Waals surface area contributed by atoms with Crippen LogP contribution in [0.4, 0.5) is 5.69 Å². The van der Waals surface area contributed by atoms with Gasteiger partial charge in [0, 0.05) is 37.4 Å². The Morgan fingerprint density at radius 1 is 1.11 bits per heavy atom. The molecule has 0 unspecified atom stereocenters. The number of benzene rings is 2. The zero-order valence-corrected chi connectivity index (χ0v) is 17.4. The number of anilines is 1. The molecule has 0 bridgehead atoms. The number of carbonyl (C=O) groups excluding carboxylic acids is 1. The van der Waals surface area contributed by atoms with Crippen molar-refractivity contribution >= 4 is 44.7 Å². The highest BCUT2D eigenvalue weighted by atomic mass is 35.5. The molecule has 0 spiro atoms. The first kappa shape index (κ1) is 20.6. The van der Waals surface area contributed by atoms with Gasteiger partial charge in [0.05, 0.1) is 21.7 Å². The fourth-order valence-corrected chi connectivity index (χ4v) is 5.31. The second-order valence-corrected chi connectivity index (χ2v) is 9.03. The van der Waals surface area contributed by atoms with Crippen molar-refractivity contribution in [3.63, 3.8) is 0 Å². The highest BCUT2D eigenvalue weighted by Gasteiger charge is 2.31. The predicted molar refractivity (Wildman–Crippen MR) is 109 cm³/mol. The molecule has 0 N–H and O–H groups in total. The third-order valence-electron chi connectivity index (χ3n) is 4.62. The third kappa shape index (κ3) is 3.87. The summed E-state index contributed by atoms with van der Waals surface area (Å²) in [6.45, 7) is 2.67. The van der Waals surface area contributed by atoms with Crippen LogP contribution in [0.2, 0.25) is 10.0 Å². The maximum absolute atomic E-state index is 12.9. The smallest absolute Gasteiger partial charge is 0.244 e. The van der Waals surface area contributed by atoms with Crippen LogP contribution in [-0.2, 0) is 10.0 Å². The topological polar surface area (TPSA) is 81.5 Å². The van der Waals surface area contributed by atoms with Crippen molar-refractivity contribution in [1.82, 2.24) is 4.31 Å². The van der Waals surface area contributed by atoms with Crippen molar-refractivity contribution in [2.45, 2.75) is 11.8 Å². The lowest BCUT2D eigenvalue weighted by atomic mass is 10.0. The Labute approximate surface area is 173 Å².